The summed E-state index contributed by atoms with van der Waals surface area (Å²) in [7, 11) is 0. The zero-order chi connectivity index (χ0) is 35.7. The second kappa shape index (κ2) is 16.6. The molecule has 0 saturated carbocycles. The van der Waals surface area contributed by atoms with E-state index >= 15 is 0 Å². The first kappa shape index (κ1) is 35.5. The second-order valence-electron chi connectivity index (χ2n) is 11.6. The van der Waals surface area contributed by atoms with Crippen LogP contribution in [-0.4, -0.2) is 22.7 Å². The van der Waals surface area contributed by atoms with Crippen LogP contribution >= 0.6 is 39.0 Å². The minimum absolute atomic E-state index is 0.0783. The molecular weight excluding hydrogens is 741 g/mol. The molecule has 0 aliphatic heterocycles. The van der Waals surface area contributed by atoms with Crippen LogP contribution in [0.3, 0.4) is 0 Å². The van der Waals surface area contributed by atoms with E-state index in [1.54, 1.807) is 36.4 Å². The zero-order valence-corrected chi connectivity index (χ0v) is 30.9. The topological polar surface area (TPSA) is 100 Å². The molecule has 6 aromatic rings. The van der Waals surface area contributed by atoms with E-state index in [0.29, 0.717) is 16.4 Å². The number of anilines is 2. The van der Waals surface area contributed by atoms with E-state index in [1.807, 2.05) is 117 Å². The molecule has 3 N–H and O–H groups in total. The summed E-state index contributed by atoms with van der Waals surface area (Å²) in [5, 5.41) is 8.67. The Kier molecular flexibility index (Phi) is 11.6. The zero-order valence-electron chi connectivity index (χ0n) is 27.7. The van der Waals surface area contributed by atoms with Gasteiger partial charge in [-0.15, -0.1) is 23.1 Å². The largest absolute Gasteiger partial charge is 0.321 e. The molecule has 1 atom stereocenters. The van der Waals surface area contributed by atoms with Gasteiger partial charge in [0, 0.05) is 31.1 Å². The normalized spacial score (nSPS) is 11.8. The van der Waals surface area contributed by atoms with Crippen LogP contribution in [0, 0.1) is 13.8 Å². The first-order valence-electron chi connectivity index (χ1n) is 16.0. The van der Waals surface area contributed by atoms with Gasteiger partial charge >= 0.3 is 0 Å². The number of aromatic nitrogens is 1. The highest BCUT2D eigenvalue weighted by Gasteiger charge is 2.24. The molecule has 51 heavy (non-hydrogen) atoms. The average Bonchev–Trinajstić information content (AvgIpc) is 3.51. The summed E-state index contributed by atoms with van der Waals surface area (Å²) in [6.07, 6.45) is 1.63. The molecule has 6 rings (SSSR count). The number of amides is 3. The van der Waals surface area contributed by atoms with E-state index in [1.165, 1.54) is 28.7 Å². The van der Waals surface area contributed by atoms with Crippen LogP contribution in [0.2, 0.25) is 0 Å². The molecule has 0 spiro atoms. The molecule has 0 aliphatic carbocycles. The molecule has 254 valence electrons. The Morgan fingerprint density at radius 3 is 2.18 bits per heavy atom. The number of aryl methyl sites for hydroxylation is 2. The van der Waals surface area contributed by atoms with Crippen molar-refractivity contribution in [2.75, 3.05) is 10.6 Å². The Morgan fingerprint density at radius 2 is 1.47 bits per heavy atom. The predicted molar refractivity (Wildman–Crippen MR) is 212 cm³/mol. The van der Waals surface area contributed by atoms with Crippen molar-refractivity contribution in [2.24, 2.45) is 0 Å². The van der Waals surface area contributed by atoms with Crippen LogP contribution in [-0.2, 0) is 9.59 Å². The maximum Gasteiger partial charge on any atom is 0.272 e. The number of nitrogens with one attached hydrogen (secondary N) is 3. The molecule has 0 saturated heterocycles. The number of rotatable bonds is 11. The molecule has 0 fully saturated rings. The molecule has 0 bridgehead atoms. The summed E-state index contributed by atoms with van der Waals surface area (Å²) in [6.45, 7) is 4.04. The maximum atomic E-state index is 13.9. The summed E-state index contributed by atoms with van der Waals surface area (Å²) in [4.78, 5) is 47.2. The molecular formula is C41H33BrN4O3S2. The van der Waals surface area contributed by atoms with Crippen LogP contribution in [0.4, 0.5) is 10.8 Å². The number of halogens is 1. The second-order valence-corrected chi connectivity index (χ2v) is 14.9. The highest BCUT2D eigenvalue weighted by Crippen LogP contribution is 2.38. The van der Waals surface area contributed by atoms with E-state index < -0.39 is 17.1 Å². The van der Waals surface area contributed by atoms with Crippen molar-refractivity contribution < 1.29 is 14.4 Å². The number of carbonyl (C=O) groups excluding carboxylic acids is 3. The third-order valence-electron chi connectivity index (χ3n) is 7.75. The molecule has 7 nitrogen and oxygen atoms in total. The van der Waals surface area contributed by atoms with E-state index in [0.717, 1.165) is 36.6 Å². The summed E-state index contributed by atoms with van der Waals surface area (Å²) in [5.74, 6) is -1.12. The van der Waals surface area contributed by atoms with Crippen LogP contribution in [0.15, 0.2) is 149 Å². The van der Waals surface area contributed by atoms with Crippen molar-refractivity contribution in [3.8, 4) is 11.3 Å². The minimum atomic E-state index is -0.609. The van der Waals surface area contributed by atoms with Crippen molar-refractivity contribution in [3.05, 3.63) is 171 Å². The number of hydrogen-bond donors (Lipinski definition) is 3. The Balaban J connectivity index is 1.22. The van der Waals surface area contributed by atoms with E-state index in [9.17, 15) is 14.4 Å². The van der Waals surface area contributed by atoms with Crippen molar-refractivity contribution in [1.82, 2.24) is 10.3 Å². The SMILES string of the molecule is Cc1ccc(-c2nc(NC(=O)C(Sc3cccc(NC(=O)/C(=C/c4ccc(Br)cc4)NC(=O)c4ccccc4)c3)c3ccccc3)sc2C)cc1. The van der Waals surface area contributed by atoms with Crippen molar-refractivity contribution in [2.45, 2.75) is 24.0 Å². The molecule has 1 aromatic heterocycles. The number of thioether (sulfide) groups is 1. The molecule has 3 amide bonds. The van der Waals surface area contributed by atoms with Gasteiger partial charge in [0.2, 0.25) is 5.91 Å². The summed E-state index contributed by atoms with van der Waals surface area (Å²) < 4.78 is 0.893. The quantitative estimate of drug-likeness (QED) is 0.0900. The molecule has 0 radical (unpaired) electrons. The number of nitrogens with zero attached hydrogens (tertiary/aromatic N) is 1. The fourth-order valence-corrected chi connectivity index (χ4v) is 7.34. The highest BCUT2D eigenvalue weighted by molar-refractivity contribution is 9.10. The van der Waals surface area contributed by atoms with Crippen LogP contribution < -0.4 is 16.0 Å². The van der Waals surface area contributed by atoms with Gasteiger partial charge in [0.1, 0.15) is 10.9 Å². The van der Waals surface area contributed by atoms with Gasteiger partial charge in [-0.1, -0.05) is 112 Å². The number of benzene rings is 5. The first-order chi connectivity index (χ1) is 24.7. The van der Waals surface area contributed by atoms with Gasteiger partial charge < -0.3 is 16.0 Å². The standard InChI is InChI=1S/C41H33BrN4O3S2/c1-26-16-20-29(21-17-26)36-27(2)50-41(45-36)46-40(49)37(30-10-5-3-6-11-30)51-34-15-9-14-33(25-34)43-39(48)35(24-28-18-22-32(42)23-19-28)44-38(47)31-12-7-4-8-13-31/h3-25,37H,1-2H3,(H,43,48)(H,44,47)(H,45,46,49)/b35-24-. The van der Waals surface area contributed by atoms with E-state index in [2.05, 4.69) is 31.9 Å². The van der Waals surface area contributed by atoms with Gasteiger partial charge in [0.15, 0.2) is 5.13 Å². The monoisotopic (exact) mass is 772 g/mol. The van der Waals surface area contributed by atoms with Crippen molar-refractivity contribution >= 4 is 73.6 Å². The van der Waals surface area contributed by atoms with E-state index in [4.69, 9.17) is 4.98 Å². The molecule has 1 heterocycles. The molecule has 1 unspecified atom stereocenters. The van der Waals surface area contributed by atoms with Crippen LogP contribution in [0.25, 0.3) is 17.3 Å². The third-order valence-corrected chi connectivity index (χ3v) is 10.4. The minimum Gasteiger partial charge on any atom is -0.321 e. The summed E-state index contributed by atoms with van der Waals surface area (Å²) in [5.41, 5.74) is 5.58. The maximum absolute atomic E-state index is 13.9. The molecule has 10 heteroatoms. The Bertz CT molecular complexity index is 2190. The highest BCUT2D eigenvalue weighted by atomic mass is 79.9. The van der Waals surface area contributed by atoms with E-state index in [-0.39, 0.29) is 11.6 Å². The van der Waals surface area contributed by atoms with Crippen LogP contribution in [0.1, 0.15) is 37.2 Å². The lowest BCUT2D eigenvalue weighted by molar-refractivity contribution is -0.116. The lowest BCUT2D eigenvalue weighted by atomic mass is 10.1. The number of carbonyl (C=O) groups is 3. The van der Waals surface area contributed by atoms with Gasteiger partial charge in [-0.25, -0.2) is 4.98 Å². The smallest absolute Gasteiger partial charge is 0.272 e. The first-order valence-corrected chi connectivity index (χ1v) is 18.5. The fourth-order valence-electron chi connectivity index (χ4n) is 5.15. The lowest BCUT2D eigenvalue weighted by Crippen LogP contribution is -2.30. The van der Waals surface area contributed by atoms with Gasteiger partial charge in [-0.2, -0.15) is 0 Å². The Morgan fingerprint density at radius 1 is 0.784 bits per heavy atom. The number of thiazole rings is 1. The summed E-state index contributed by atoms with van der Waals surface area (Å²) in [6, 6.07) is 41.1. The summed E-state index contributed by atoms with van der Waals surface area (Å²) >= 11 is 6.24. The average molecular weight is 774 g/mol. The van der Waals surface area contributed by atoms with Crippen molar-refractivity contribution in [3.63, 3.8) is 0 Å². The Labute approximate surface area is 313 Å². The van der Waals surface area contributed by atoms with Gasteiger partial charge in [-0.05, 0) is 73.5 Å². The van der Waals surface area contributed by atoms with Gasteiger partial charge in [-0.3, -0.25) is 14.4 Å². The fraction of sp³-hybridized carbons (Fsp3) is 0.0732. The molecule has 5 aromatic carbocycles. The Hall–Kier alpha value is -5.29. The van der Waals surface area contributed by atoms with Crippen molar-refractivity contribution in [1.29, 1.82) is 0 Å². The van der Waals surface area contributed by atoms with Gasteiger partial charge in [0.05, 0.1) is 5.69 Å². The molecule has 0 aliphatic rings. The van der Waals surface area contributed by atoms with Gasteiger partial charge in [0.25, 0.3) is 11.8 Å². The lowest BCUT2D eigenvalue weighted by Gasteiger charge is -2.17. The van der Waals surface area contributed by atoms with Crippen LogP contribution in [0.5, 0.6) is 0 Å². The predicted octanol–water partition coefficient (Wildman–Crippen LogP) is 10.1. The third kappa shape index (κ3) is 9.49. The number of hydrogen-bond acceptors (Lipinski definition) is 6.